The number of halogens is 3. The largest absolute Gasteiger partial charge is 0.271 e. The first-order valence-corrected chi connectivity index (χ1v) is 6.73. The Morgan fingerprint density at radius 2 is 1.71 bits per heavy atom. The number of thiophene rings is 1. The molecule has 1 atom stereocenters. The second-order valence-corrected chi connectivity index (χ2v) is 5.94. The van der Waals surface area contributed by atoms with Crippen LogP contribution in [0, 0.1) is 0 Å². The number of nitrogens with one attached hydrogen (secondary N) is 1. The van der Waals surface area contributed by atoms with Gasteiger partial charge in [0.1, 0.15) is 0 Å². The number of hydrogen-bond acceptors (Lipinski definition) is 3. The van der Waals surface area contributed by atoms with Crippen LogP contribution in [0.4, 0.5) is 0 Å². The fourth-order valence-corrected chi connectivity index (χ4v) is 3.32. The molecule has 0 aliphatic heterocycles. The molecular weight excluding hydrogens is 299 g/mol. The summed E-state index contributed by atoms with van der Waals surface area (Å²) in [5, 5.41) is 1.15. The van der Waals surface area contributed by atoms with Gasteiger partial charge >= 0.3 is 0 Å². The van der Waals surface area contributed by atoms with Crippen molar-refractivity contribution in [3.05, 3.63) is 55.2 Å². The molecule has 1 unspecified atom stereocenters. The van der Waals surface area contributed by atoms with Gasteiger partial charge in [-0.1, -0.05) is 40.9 Å². The van der Waals surface area contributed by atoms with Crippen molar-refractivity contribution in [2.24, 2.45) is 5.84 Å². The molecule has 0 saturated heterocycles. The van der Waals surface area contributed by atoms with Crippen molar-refractivity contribution < 1.29 is 0 Å². The predicted molar refractivity (Wildman–Crippen MR) is 75.0 cm³/mol. The number of benzene rings is 1. The van der Waals surface area contributed by atoms with E-state index < -0.39 is 0 Å². The fourth-order valence-electron chi connectivity index (χ4n) is 1.58. The lowest BCUT2D eigenvalue weighted by Gasteiger charge is -2.17. The van der Waals surface area contributed by atoms with E-state index in [1.165, 1.54) is 11.3 Å². The summed E-state index contributed by atoms with van der Waals surface area (Å²) in [6, 6.07) is 8.82. The van der Waals surface area contributed by atoms with Crippen molar-refractivity contribution in [3.63, 3.8) is 0 Å². The summed E-state index contributed by atoms with van der Waals surface area (Å²) >= 11 is 19.7. The van der Waals surface area contributed by atoms with E-state index in [-0.39, 0.29) is 6.04 Å². The summed E-state index contributed by atoms with van der Waals surface area (Å²) in [6.45, 7) is 0. The third-order valence-electron chi connectivity index (χ3n) is 2.33. The van der Waals surface area contributed by atoms with Crippen LogP contribution in [-0.2, 0) is 0 Å². The van der Waals surface area contributed by atoms with E-state index >= 15 is 0 Å². The standard InChI is InChI=1S/C11H9Cl3N2S/c12-6-2-1-3-7(13)10(6)11(16-15)8-4-5-9(14)17-8/h1-5,11,16H,15H2. The van der Waals surface area contributed by atoms with Crippen LogP contribution < -0.4 is 11.3 Å². The van der Waals surface area contributed by atoms with Crippen LogP contribution in [-0.4, -0.2) is 0 Å². The Morgan fingerprint density at radius 1 is 1.06 bits per heavy atom. The fraction of sp³-hybridized carbons (Fsp3) is 0.0909. The van der Waals surface area contributed by atoms with Crippen molar-refractivity contribution >= 4 is 46.1 Å². The lowest BCUT2D eigenvalue weighted by molar-refractivity contribution is 0.647. The Hall–Kier alpha value is -0.290. The lowest BCUT2D eigenvalue weighted by Crippen LogP contribution is -2.28. The number of nitrogens with two attached hydrogens (primary N) is 1. The van der Waals surface area contributed by atoms with Crippen LogP contribution >= 0.6 is 46.1 Å². The van der Waals surface area contributed by atoms with Crippen molar-refractivity contribution in [1.82, 2.24) is 5.43 Å². The molecule has 1 aromatic heterocycles. The molecule has 0 aliphatic carbocycles. The molecule has 0 radical (unpaired) electrons. The smallest absolute Gasteiger partial charge is 0.0931 e. The van der Waals surface area contributed by atoms with E-state index in [9.17, 15) is 0 Å². The maximum absolute atomic E-state index is 6.15. The first-order chi connectivity index (χ1) is 8.13. The normalized spacial score (nSPS) is 12.7. The summed E-state index contributed by atoms with van der Waals surface area (Å²) in [5.41, 5.74) is 3.47. The van der Waals surface area contributed by atoms with Gasteiger partial charge in [-0.2, -0.15) is 0 Å². The molecule has 0 aliphatic rings. The van der Waals surface area contributed by atoms with Crippen LogP contribution in [0.1, 0.15) is 16.5 Å². The van der Waals surface area contributed by atoms with E-state index in [4.69, 9.17) is 40.6 Å². The monoisotopic (exact) mass is 306 g/mol. The maximum Gasteiger partial charge on any atom is 0.0931 e. The molecule has 0 spiro atoms. The molecule has 0 amide bonds. The van der Waals surface area contributed by atoms with Crippen LogP contribution in [0.15, 0.2) is 30.3 Å². The Bertz CT molecular complexity index is 507. The highest BCUT2D eigenvalue weighted by molar-refractivity contribution is 7.16. The minimum atomic E-state index is -0.256. The molecule has 2 rings (SSSR count). The molecule has 90 valence electrons. The van der Waals surface area contributed by atoms with Gasteiger partial charge in [0.15, 0.2) is 0 Å². The molecule has 1 aromatic carbocycles. The van der Waals surface area contributed by atoms with Crippen molar-refractivity contribution in [3.8, 4) is 0 Å². The highest BCUT2D eigenvalue weighted by atomic mass is 35.5. The van der Waals surface area contributed by atoms with Gasteiger partial charge in [0.05, 0.1) is 10.4 Å². The average Bonchev–Trinajstić information content (AvgIpc) is 2.70. The SMILES string of the molecule is NNC(c1ccc(Cl)s1)c1c(Cl)cccc1Cl. The number of hydrogen-bond donors (Lipinski definition) is 2. The molecular formula is C11H9Cl3N2S. The van der Waals surface area contributed by atoms with Crippen LogP contribution in [0.5, 0.6) is 0 Å². The van der Waals surface area contributed by atoms with Gasteiger partial charge in [0, 0.05) is 20.5 Å². The van der Waals surface area contributed by atoms with E-state index in [0.717, 1.165) is 10.4 Å². The molecule has 0 bridgehead atoms. The molecule has 0 fully saturated rings. The Balaban J connectivity index is 2.49. The van der Waals surface area contributed by atoms with E-state index in [2.05, 4.69) is 5.43 Å². The average molecular weight is 308 g/mol. The van der Waals surface area contributed by atoms with E-state index in [0.29, 0.717) is 14.4 Å². The Labute approximate surface area is 118 Å². The Morgan fingerprint density at radius 3 is 2.18 bits per heavy atom. The van der Waals surface area contributed by atoms with Crippen molar-refractivity contribution in [1.29, 1.82) is 0 Å². The zero-order chi connectivity index (χ0) is 12.4. The zero-order valence-corrected chi connectivity index (χ0v) is 11.7. The van der Waals surface area contributed by atoms with Crippen molar-refractivity contribution in [2.45, 2.75) is 6.04 Å². The van der Waals surface area contributed by atoms with Gasteiger partial charge < -0.3 is 0 Å². The van der Waals surface area contributed by atoms with Gasteiger partial charge in [-0.15, -0.1) is 11.3 Å². The molecule has 2 nitrogen and oxygen atoms in total. The summed E-state index contributed by atoms with van der Waals surface area (Å²) in [5.74, 6) is 5.58. The molecule has 0 saturated carbocycles. The van der Waals surface area contributed by atoms with Gasteiger partial charge in [-0.05, 0) is 24.3 Å². The highest BCUT2D eigenvalue weighted by Crippen LogP contribution is 2.37. The van der Waals surface area contributed by atoms with Crippen LogP contribution in [0.2, 0.25) is 14.4 Å². The first kappa shape index (κ1) is 13.1. The highest BCUT2D eigenvalue weighted by Gasteiger charge is 2.20. The molecule has 3 N–H and O–H groups in total. The predicted octanol–water partition coefficient (Wildman–Crippen LogP) is 4.26. The third kappa shape index (κ3) is 2.76. The molecule has 17 heavy (non-hydrogen) atoms. The van der Waals surface area contributed by atoms with Crippen LogP contribution in [0.25, 0.3) is 0 Å². The summed E-state index contributed by atoms with van der Waals surface area (Å²) in [7, 11) is 0. The van der Waals surface area contributed by atoms with Gasteiger partial charge in [0.2, 0.25) is 0 Å². The minimum absolute atomic E-state index is 0.256. The lowest BCUT2D eigenvalue weighted by atomic mass is 10.1. The number of rotatable bonds is 3. The summed E-state index contributed by atoms with van der Waals surface area (Å²) in [4.78, 5) is 0.965. The molecule has 2 aromatic rings. The van der Waals surface area contributed by atoms with Crippen LogP contribution in [0.3, 0.4) is 0 Å². The van der Waals surface area contributed by atoms with Gasteiger partial charge in [-0.25, -0.2) is 5.43 Å². The zero-order valence-electron chi connectivity index (χ0n) is 8.58. The van der Waals surface area contributed by atoms with Gasteiger partial charge in [0.25, 0.3) is 0 Å². The second kappa shape index (κ2) is 5.57. The first-order valence-electron chi connectivity index (χ1n) is 4.78. The quantitative estimate of drug-likeness (QED) is 0.657. The minimum Gasteiger partial charge on any atom is -0.271 e. The maximum atomic E-state index is 6.15. The summed E-state index contributed by atoms with van der Waals surface area (Å²) < 4.78 is 0.698. The van der Waals surface area contributed by atoms with E-state index in [1.807, 2.05) is 12.1 Å². The second-order valence-electron chi connectivity index (χ2n) is 3.38. The summed E-state index contributed by atoms with van der Waals surface area (Å²) in [6.07, 6.45) is 0. The topological polar surface area (TPSA) is 38.0 Å². The van der Waals surface area contributed by atoms with Crippen molar-refractivity contribution in [2.75, 3.05) is 0 Å². The molecule has 6 heteroatoms. The van der Waals surface area contributed by atoms with Gasteiger partial charge in [-0.3, -0.25) is 5.84 Å². The number of hydrazine groups is 1. The Kier molecular flexibility index (Phi) is 4.31. The molecule has 1 heterocycles. The van der Waals surface area contributed by atoms with E-state index in [1.54, 1.807) is 18.2 Å². The third-order valence-corrected chi connectivity index (χ3v) is 4.29.